The predicted octanol–water partition coefficient (Wildman–Crippen LogP) is 2.87. The van der Waals surface area contributed by atoms with Gasteiger partial charge in [-0.25, -0.2) is 9.07 Å². The first-order valence-electron chi connectivity index (χ1n) is 7.22. The molecule has 0 unspecified atom stereocenters. The fraction of sp³-hybridized carbons (Fsp3) is 0.375. The number of rotatable bonds is 4. The number of nitrogens with two attached hydrogens (primary N) is 1. The summed E-state index contributed by atoms with van der Waals surface area (Å²) in [5.74, 6) is 0.178. The van der Waals surface area contributed by atoms with Gasteiger partial charge in [0.25, 0.3) is 0 Å². The Labute approximate surface area is 153 Å². The van der Waals surface area contributed by atoms with Crippen LogP contribution in [0.25, 0.3) is 5.69 Å². The van der Waals surface area contributed by atoms with E-state index in [1.807, 2.05) is 33.0 Å². The minimum Gasteiger partial charge on any atom is -0.370 e. The molecule has 1 aromatic heterocycles. The predicted molar refractivity (Wildman–Crippen MR) is 102 cm³/mol. The van der Waals surface area contributed by atoms with E-state index in [-0.39, 0.29) is 35.3 Å². The van der Waals surface area contributed by atoms with Crippen LogP contribution in [0.15, 0.2) is 41.5 Å². The van der Waals surface area contributed by atoms with Crippen molar-refractivity contribution < 1.29 is 4.39 Å². The van der Waals surface area contributed by atoms with Crippen LogP contribution in [0, 0.1) is 5.82 Å². The van der Waals surface area contributed by atoms with Crippen molar-refractivity contribution in [3.8, 4) is 5.69 Å². The number of hydrogen-bond acceptors (Lipinski definition) is 2. The van der Waals surface area contributed by atoms with Crippen molar-refractivity contribution in [1.82, 2.24) is 15.1 Å². The maximum Gasteiger partial charge on any atom is 0.188 e. The molecule has 1 aromatic carbocycles. The molecule has 7 heteroatoms. The van der Waals surface area contributed by atoms with Gasteiger partial charge in [-0.2, -0.15) is 5.10 Å². The summed E-state index contributed by atoms with van der Waals surface area (Å²) in [5.41, 5.74) is 7.45. The molecular formula is C16H23FIN5. The van der Waals surface area contributed by atoms with E-state index in [2.05, 4.69) is 15.4 Å². The van der Waals surface area contributed by atoms with E-state index < -0.39 is 0 Å². The van der Waals surface area contributed by atoms with Gasteiger partial charge in [0.15, 0.2) is 5.96 Å². The lowest BCUT2D eigenvalue weighted by Gasteiger charge is -2.20. The van der Waals surface area contributed by atoms with Gasteiger partial charge in [0.2, 0.25) is 0 Å². The molecule has 0 aliphatic carbocycles. The Morgan fingerprint density at radius 1 is 1.26 bits per heavy atom. The van der Waals surface area contributed by atoms with Crippen molar-refractivity contribution >= 4 is 29.9 Å². The Kier molecular flexibility index (Phi) is 6.99. The molecule has 0 amide bonds. The van der Waals surface area contributed by atoms with Crippen LogP contribution in [0.5, 0.6) is 0 Å². The first-order chi connectivity index (χ1) is 10.3. The van der Waals surface area contributed by atoms with E-state index in [1.54, 1.807) is 16.8 Å². The average Bonchev–Trinajstić information content (AvgIpc) is 2.86. The highest BCUT2D eigenvalue weighted by Crippen LogP contribution is 2.09. The normalized spacial score (nSPS) is 11.9. The van der Waals surface area contributed by atoms with Crippen LogP contribution in [-0.2, 0) is 6.42 Å². The number of benzene rings is 1. The van der Waals surface area contributed by atoms with Crippen LogP contribution in [0.1, 0.15) is 26.5 Å². The third-order valence-electron chi connectivity index (χ3n) is 2.89. The van der Waals surface area contributed by atoms with Crippen LogP contribution in [0.2, 0.25) is 0 Å². The molecule has 23 heavy (non-hydrogen) atoms. The highest BCUT2D eigenvalue weighted by atomic mass is 127. The number of halogens is 2. The maximum atomic E-state index is 12.9. The maximum absolute atomic E-state index is 12.9. The van der Waals surface area contributed by atoms with Crippen LogP contribution in [0.4, 0.5) is 4.39 Å². The molecule has 0 radical (unpaired) electrons. The van der Waals surface area contributed by atoms with Gasteiger partial charge in [-0.1, -0.05) is 0 Å². The van der Waals surface area contributed by atoms with Crippen LogP contribution in [-0.4, -0.2) is 27.8 Å². The van der Waals surface area contributed by atoms with Gasteiger partial charge in [-0.05, 0) is 51.1 Å². The summed E-state index contributed by atoms with van der Waals surface area (Å²) in [7, 11) is 0. The number of nitrogens with zero attached hydrogens (tertiary/aromatic N) is 3. The van der Waals surface area contributed by atoms with E-state index in [4.69, 9.17) is 5.73 Å². The molecule has 0 aliphatic heterocycles. The van der Waals surface area contributed by atoms with Gasteiger partial charge in [0.05, 0.1) is 11.4 Å². The van der Waals surface area contributed by atoms with Crippen molar-refractivity contribution in [2.24, 2.45) is 10.7 Å². The van der Waals surface area contributed by atoms with Crippen LogP contribution >= 0.6 is 24.0 Å². The van der Waals surface area contributed by atoms with E-state index >= 15 is 0 Å². The van der Waals surface area contributed by atoms with E-state index in [1.165, 1.54) is 12.1 Å². The molecule has 0 spiro atoms. The van der Waals surface area contributed by atoms with E-state index in [9.17, 15) is 4.39 Å². The molecule has 0 fully saturated rings. The Morgan fingerprint density at radius 2 is 1.91 bits per heavy atom. The van der Waals surface area contributed by atoms with Crippen molar-refractivity contribution in [3.63, 3.8) is 0 Å². The Hall–Kier alpha value is -1.64. The molecule has 0 saturated heterocycles. The largest absolute Gasteiger partial charge is 0.370 e. The number of nitrogens with one attached hydrogen (secondary N) is 1. The number of hydrogen-bond donors (Lipinski definition) is 2. The molecule has 1 heterocycles. The lowest BCUT2D eigenvalue weighted by molar-refractivity contribution is 0.508. The molecule has 2 rings (SSSR count). The molecule has 0 aliphatic rings. The van der Waals surface area contributed by atoms with Crippen molar-refractivity contribution in [2.75, 3.05) is 6.54 Å². The zero-order valence-electron chi connectivity index (χ0n) is 13.6. The summed E-state index contributed by atoms with van der Waals surface area (Å²) < 4.78 is 14.6. The minimum absolute atomic E-state index is 0. The van der Waals surface area contributed by atoms with E-state index in [0.717, 1.165) is 11.4 Å². The summed E-state index contributed by atoms with van der Waals surface area (Å²) in [4.78, 5) is 4.28. The summed E-state index contributed by atoms with van der Waals surface area (Å²) >= 11 is 0. The van der Waals surface area contributed by atoms with E-state index in [0.29, 0.717) is 18.9 Å². The smallest absolute Gasteiger partial charge is 0.188 e. The average molecular weight is 431 g/mol. The lowest BCUT2D eigenvalue weighted by Crippen LogP contribution is -2.45. The standard InChI is InChI=1S/C16H22FN5.HI/c1-16(2,3)20-15(18)19-10-8-13-9-11-22(21-13)14-6-4-12(17)5-7-14;/h4-7,9,11H,8,10H2,1-3H3,(H3,18,19,20);1H. The quantitative estimate of drug-likeness (QED) is 0.445. The van der Waals surface area contributed by atoms with Crippen molar-refractivity contribution in [2.45, 2.75) is 32.7 Å². The molecule has 0 saturated carbocycles. The zero-order chi connectivity index (χ0) is 16.2. The summed E-state index contributed by atoms with van der Waals surface area (Å²) in [6.07, 6.45) is 2.55. The molecule has 5 nitrogen and oxygen atoms in total. The monoisotopic (exact) mass is 431 g/mol. The lowest BCUT2D eigenvalue weighted by atomic mass is 10.1. The third-order valence-corrected chi connectivity index (χ3v) is 2.89. The van der Waals surface area contributed by atoms with Gasteiger partial charge in [-0.15, -0.1) is 24.0 Å². The molecule has 0 bridgehead atoms. The second-order valence-corrected chi connectivity index (χ2v) is 6.12. The van der Waals surface area contributed by atoms with Gasteiger partial charge in [-0.3, -0.25) is 4.99 Å². The van der Waals surface area contributed by atoms with Gasteiger partial charge < -0.3 is 11.1 Å². The topological polar surface area (TPSA) is 68.2 Å². The van der Waals surface area contributed by atoms with Gasteiger partial charge in [0, 0.05) is 24.7 Å². The van der Waals surface area contributed by atoms with Gasteiger partial charge in [0.1, 0.15) is 5.82 Å². The fourth-order valence-electron chi connectivity index (χ4n) is 1.95. The summed E-state index contributed by atoms with van der Waals surface area (Å²) in [6, 6.07) is 8.14. The molecular weight excluding hydrogens is 408 g/mol. The summed E-state index contributed by atoms with van der Waals surface area (Å²) in [6.45, 7) is 6.65. The number of aliphatic imine (C=N–C) groups is 1. The number of guanidine groups is 1. The first kappa shape index (κ1) is 19.4. The highest BCUT2D eigenvalue weighted by Gasteiger charge is 2.09. The third kappa shape index (κ3) is 6.55. The molecule has 3 N–H and O–H groups in total. The number of aromatic nitrogens is 2. The first-order valence-corrected chi connectivity index (χ1v) is 7.22. The SMILES string of the molecule is CC(C)(C)NC(N)=NCCc1ccn(-c2ccc(F)cc2)n1.I. The minimum atomic E-state index is -0.257. The molecule has 2 aromatic rings. The second-order valence-electron chi connectivity index (χ2n) is 6.12. The Bertz CT molecular complexity index is 643. The Morgan fingerprint density at radius 3 is 2.52 bits per heavy atom. The van der Waals surface area contributed by atoms with Crippen molar-refractivity contribution in [1.29, 1.82) is 0 Å². The van der Waals surface area contributed by atoms with Crippen molar-refractivity contribution in [3.05, 3.63) is 48.0 Å². The summed E-state index contributed by atoms with van der Waals surface area (Å²) in [5, 5.41) is 7.55. The van der Waals surface area contributed by atoms with Crippen LogP contribution in [0.3, 0.4) is 0 Å². The molecule has 0 atom stereocenters. The highest BCUT2D eigenvalue weighted by molar-refractivity contribution is 14.0. The van der Waals surface area contributed by atoms with Crippen LogP contribution < -0.4 is 11.1 Å². The van der Waals surface area contributed by atoms with Gasteiger partial charge >= 0.3 is 0 Å². The fourth-order valence-corrected chi connectivity index (χ4v) is 1.95. The second kappa shape index (κ2) is 8.28. The zero-order valence-corrected chi connectivity index (χ0v) is 15.9. The molecule has 126 valence electrons. The Balaban J connectivity index is 0.00000264.